The van der Waals surface area contributed by atoms with Gasteiger partial charge in [-0.15, -0.1) is 0 Å². The minimum Gasteiger partial charge on any atom is -0.492 e. The lowest BCUT2D eigenvalue weighted by Gasteiger charge is -2.19. The van der Waals surface area contributed by atoms with Crippen LogP contribution in [0.15, 0.2) is 48.5 Å². The molecule has 0 aliphatic heterocycles. The van der Waals surface area contributed by atoms with Gasteiger partial charge in [-0.3, -0.25) is 0 Å². The van der Waals surface area contributed by atoms with E-state index in [2.05, 4.69) is 0 Å². The molecule has 0 fully saturated rings. The lowest BCUT2D eigenvalue weighted by molar-refractivity contribution is 0.233. The molecule has 0 amide bonds. The van der Waals surface area contributed by atoms with E-state index in [-0.39, 0.29) is 12.1 Å². The standard InChI is InChI=1S/C17H20ClNO2/c1-12(2)21-17-6-4-3-5-15(17)16(19)11-20-14-9-7-13(18)8-10-14/h3-10,12,16H,11,19H2,1-2H3. The average Bonchev–Trinajstić information content (AvgIpc) is 2.46. The molecule has 0 aliphatic rings. The molecule has 0 saturated carbocycles. The number of benzene rings is 2. The van der Waals surface area contributed by atoms with Crippen LogP contribution < -0.4 is 15.2 Å². The third-order valence-electron chi connectivity index (χ3n) is 2.92. The van der Waals surface area contributed by atoms with E-state index < -0.39 is 0 Å². The van der Waals surface area contributed by atoms with Gasteiger partial charge >= 0.3 is 0 Å². The van der Waals surface area contributed by atoms with Crippen molar-refractivity contribution in [2.24, 2.45) is 5.73 Å². The topological polar surface area (TPSA) is 44.5 Å². The van der Waals surface area contributed by atoms with Crippen molar-refractivity contribution < 1.29 is 9.47 Å². The summed E-state index contributed by atoms with van der Waals surface area (Å²) >= 11 is 5.84. The van der Waals surface area contributed by atoms with Crippen LogP contribution in [0.25, 0.3) is 0 Å². The van der Waals surface area contributed by atoms with Gasteiger partial charge in [0.25, 0.3) is 0 Å². The number of rotatable bonds is 6. The molecule has 0 bridgehead atoms. The van der Waals surface area contributed by atoms with Crippen LogP contribution in [0.3, 0.4) is 0 Å². The molecule has 4 heteroatoms. The molecule has 112 valence electrons. The molecule has 21 heavy (non-hydrogen) atoms. The highest BCUT2D eigenvalue weighted by atomic mass is 35.5. The van der Waals surface area contributed by atoms with Crippen molar-refractivity contribution in [3.63, 3.8) is 0 Å². The number of halogens is 1. The average molecular weight is 306 g/mol. The van der Waals surface area contributed by atoms with Crippen molar-refractivity contribution in [3.8, 4) is 11.5 Å². The summed E-state index contributed by atoms with van der Waals surface area (Å²) in [6, 6.07) is 14.8. The van der Waals surface area contributed by atoms with Crippen LogP contribution in [0.5, 0.6) is 11.5 Å². The van der Waals surface area contributed by atoms with Gasteiger partial charge in [-0.05, 0) is 44.2 Å². The van der Waals surface area contributed by atoms with Gasteiger partial charge in [0.1, 0.15) is 18.1 Å². The lowest BCUT2D eigenvalue weighted by atomic mass is 10.1. The summed E-state index contributed by atoms with van der Waals surface area (Å²) in [5.74, 6) is 1.55. The second-order valence-electron chi connectivity index (χ2n) is 5.08. The van der Waals surface area contributed by atoms with E-state index in [0.29, 0.717) is 11.6 Å². The summed E-state index contributed by atoms with van der Waals surface area (Å²) < 4.78 is 11.5. The maximum absolute atomic E-state index is 6.22. The van der Waals surface area contributed by atoms with Crippen LogP contribution in [0.2, 0.25) is 5.02 Å². The Hall–Kier alpha value is -1.71. The molecular formula is C17H20ClNO2. The summed E-state index contributed by atoms with van der Waals surface area (Å²) in [4.78, 5) is 0. The van der Waals surface area contributed by atoms with Gasteiger partial charge in [-0.25, -0.2) is 0 Å². The Bertz CT molecular complexity index is 569. The monoisotopic (exact) mass is 305 g/mol. The van der Waals surface area contributed by atoms with E-state index in [1.807, 2.05) is 50.2 Å². The number of hydrogen-bond donors (Lipinski definition) is 1. The molecule has 2 aromatic carbocycles. The Morgan fingerprint density at radius 2 is 1.71 bits per heavy atom. The first-order valence-corrected chi connectivity index (χ1v) is 7.33. The van der Waals surface area contributed by atoms with Crippen molar-refractivity contribution in [1.82, 2.24) is 0 Å². The fraction of sp³-hybridized carbons (Fsp3) is 0.294. The Morgan fingerprint density at radius 1 is 1.05 bits per heavy atom. The van der Waals surface area contributed by atoms with Crippen LogP contribution in [0, 0.1) is 0 Å². The predicted molar refractivity (Wildman–Crippen MR) is 86.1 cm³/mol. The molecule has 1 unspecified atom stereocenters. The minimum atomic E-state index is -0.254. The smallest absolute Gasteiger partial charge is 0.124 e. The van der Waals surface area contributed by atoms with Crippen molar-refractivity contribution >= 4 is 11.6 Å². The van der Waals surface area contributed by atoms with Gasteiger partial charge in [0.2, 0.25) is 0 Å². The Morgan fingerprint density at radius 3 is 2.38 bits per heavy atom. The second kappa shape index (κ2) is 7.34. The third-order valence-corrected chi connectivity index (χ3v) is 3.18. The molecule has 2 aromatic rings. The summed E-state index contributed by atoms with van der Waals surface area (Å²) in [7, 11) is 0. The Labute approximate surface area is 130 Å². The van der Waals surface area contributed by atoms with E-state index >= 15 is 0 Å². The van der Waals surface area contributed by atoms with E-state index in [4.69, 9.17) is 26.8 Å². The molecule has 0 spiro atoms. The quantitative estimate of drug-likeness (QED) is 0.869. The molecular weight excluding hydrogens is 286 g/mol. The molecule has 0 saturated heterocycles. The lowest BCUT2D eigenvalue weighted by Crippen LogP contribution is -2.20. The highest BCUT2D eigenvalue weighted by molar-refractivity contribution is 6.30. The van der Waals surface area contributed by atoms with E-state index in [1.165, 1.54) is 0 Å². The van der Waals surface area contributed by atoms with Crippen molar-refractivity contribution in [1.29, 1.82) is 0 Å². The number of hydrogen-bond acceptors (Lipinski definition) is 3. The molecule has 0 heterocycles. The van der Waals surface area contributed by atoms with Gasteiger partial charge in [-0.1, -0.05) is 29.8 Å². The largest absolute Gasteiger partial charge is 0.492 e. The number of para-hydroxylation sites is 1. The maximum Gasteiger partial charge on any atom is 0.124 e. The van der Waals surface area contributed by atoms with Crippen LogP contribution in [-0.4, -0.2) is 12.7 Å². The second-order valence-corrected chi connectivity index (χ2v) is 5.51. The van der Waals surface area contributed by atoms with Crippen molar-refractivity contribution in [2.75, 3.05) is 6.61 Å². The highest BCUT2D eigenvalue weighted by Crippen LogP contribution is 2.25. The molecule has 0 radical (unpaired) electrons. The highest BCUT2D eigenvalue weighted by Gasteiger charge is 2.13. The Kier molecular flexibility index (Phi) is 5.48. The van der Waals surface area contributed by atoms with E-state index in [0.717, 1.165) is 17.1 Å². The Balaban J connectivity index is 2.03. The fourth-order valence-electron chi connectivity index (χ4n) is 1.95. The number of ether oxygens (including phenoxy) is 2. The van der Waals surface area contributed by atoms with Gasteiger partial charge in [0.05, 0.1) is 12.1 Å². The fourth-order valence-corrected chi connectivity index (χ4v) is 2.08. The first-order valence-electron chi connectivity index (χ1n) is 6.96. The zero-order valence-corrected chi connectivity index (χ0v) is 13.0. The van der Waals surface area contributed by atoms with Gasteiger partial charge < -0.3 is 15.2 Å². The van der Waals surface area contributed by atoms with Gasteiger partial charge in [0.15, 0.2) is 0 Å². The minimum absolute atomic E-state index is 0.107. The van der Waals surface area contributed by atoms with E-state index in [1.54, 1.807) is 12.1 Å². The summed E-state index contributed by atoms with van der Waals surface area (Å²) in [6.45, 7) is 4.36. The summed E-state index contributed by atoms with van der Waals surface area (Å²) in [5, 5.41) is 0.683. The summed E-state index contributed by atoms with van der Waals surface area (Å²) in [5.41, 5.74) is 7.16. The predicted octanol–water partition coefficient (Wildman–Crippen LogP) is 4.21. The molecule has 2 rings (SSSR count). The van der Waals surface area contributed by atoms with Crippen molar-refractivity contribution in [2.45, 2.75) is 26.0 Å². The third kappa shape index (κ3) is 4.66. The zero-order valence-electron chi connectivity index (χ0n) is 12.3. The number of nitrogens with two attached hydrogens (primary N) is 1. The molecule has 0 aliphatic carbocycles. The van der Waals surface area contributed by atoms with Gasteiger partial charge in [0, 0.05) is 10.6 Å². The van der Waals surface area contributed by atoms with Crippen molar-refractivity contribution in [3.05, 3.63) is 59.1 Å². The molecule has 3 nitrogen and oxygen atoms in total. The first kappa shape index (κ1) is 15.7. The van der Waals surface area contributed by atoms with E-state index in [9.17, 15) is 0 Å². The SMILES string of the molecule is CC(C)Oc1ccccc1C(N)COc1ccc(Cl)cc1. The van der Waals surface area contributed by atoms with Gasteiger partial charge in [-0.2, -0.15) is 0 Å². The van der Waals surface area contributed by atoms with Crippen LogP contribution in [0.1, 0.15) is 25.5 Å². The van der Waals surface area contributed by atoms with Crippen LogP contribution in [-0.2, 0) is 0 Å². The molecule has 1 atom stereocenters. The zero-order chi connectivity index (χ0) is 15.2. The van der Waals surface area contributed by atoms with Crippen LogP contribution >= 0.6 is 11.6 Å². The first-order chi connectivity index (χ1) is 10.1. The maximum atomic E-state index is 6.22. The molecule has 0 aromatic heterocycles. The van der Waals surface area contributed by atoms with Crippen LogP contribution in [0.4, 0.5) is 0 Å². The molecule has 2 N–H and O–H groups in total. The normalized spacial score (nSPS) is 12.2. The summed E-state index contributed by atoms with van der Waals surface area (Å²) in [6.07, 6.45) is 0.107.